The Bertz CT molecular complexity index is 490. The van der Waals surface area contributed by atoms with Crippen LogP contribution >= 0.6 is 15.9 Å². The van der Waals surface area contributed by atoms with Crippen molar-refractivity contribution >= 4 is 27.5 Å². The quantitative estimate of drug-likeness (QED) is 0.864. The van der Waals surface area contributed by atoms with Crippen LogP contribution in [0.4, 0.5) is 5.69 Å². The lowest BCUT2D eigenvalue weighted by atomic mass is 10.1. The Balaban J connectivity index is 2.04. The van der Waals surface area contributed by atoms with Gasteiger partial charge in [0.25, 0.3) is 0 Å². The Morgan fingerprint density at radius 1 is 1.55 bits per heavy atom. The van der Waals surface area contributed by atoms with Gasteiger partial charge in [0, 0.05) is 35.8 Å². The topological polar surface area (TPSA) is 58.4 Å². The Morgan fingerprint density at radius 3 is 2.85 bits per heavy atom. The maximum absolute atomic E-state index is 11.2. The Hall–Kier alpha value is -1.07. The molecule has 1 fully saturated rings. The molecule has 20 heavy (non-hydrogen) atoms. The zero-order valence-electron chi connectivity index (χ0n) is 12.0. The Kier molecular flexibility index (Phi) is 5.05. The van der Waals surface area contributed by atoms with E-state index in [9.17, 15) is 4.79 Å². The average Bonchev–Trinajstić information content (AvgIpc) is 2.86. The molecule has 0 saturated carbocycles. The summed E-state index contributed by atoms with van der Waals surface area (Å²) in [6.45, 7) is 6.74. The van der Waals surface area contributed by atoms with Crippen molar-refractivity contribution in [1.29, 1.82) is 0 Å². The van der Waals surface area contributed by atoms with Crippen LogP contribution in [-0.4, -0.2) is 25.0 Å². The number of rotatable bonds is 5. The van der Waals surface area contributed by atoms with Gasteiger partial charge in [-0.2, -0.15) is 0 Å². The number of carbonyl (C=O) groups is 1. The largest absolute Gasteiger partial charge is 0.371 e. The molecule has 0 spiro atoms. The van der Waals surface area contributed by atoms with Crippen LogP contribution in [0.3, 0.4) is 0 Å². The lowest BCUT2D eigenvalue weighted by Crippen LogP contribution is -2.27. The number of anilines is 1. The van der Waals surface area contributed by atoms with Crippen LogP contribution in [0.25, 0.3) is 0 Å². The molecule has 5 heteroatoms. The van der Waals surface area contributed by atoms with Crippen molar-refractivity contribution in [2.24, 2.45) is 11.7 Å². The van der Waals surface area contributed by atoms with Gasteiger partial charge in [0.15, 0.2) is 0 Å². The molecule has 4 nitrogen and oxygen atoms in total. The van der Waals surface area contributed by atoms with Gasteiger partial charge < -0.3 is 16.0 Å². The summed E-state index contributed by atoms with van der Waals surface area (Å²) in [6, 6.07) is 6.84. The highest BCUT2D eigenvalue weighted by molar-refractivity contribution is 9.10. The summed E-state index contributed by atoms with van der Waals surface area (Å²) in [5.74, 6) is -0.208. The van der Waals surface area contributed by atoms with Gasteiger partial charge >= 0.3 is 0 Å². The van der Waals surface area contributed by atoms with Crippen molar-refractivity contribution in [2.45, 2.75) is 32.9 Å². The summed E-state index contributed by atoms with van der Waals surface area (Å²) in [4.78, 5) is 13.4. The molecule has 1 heterocycles. The highest BCUT2D eigenvalue weighted by Crippen LogP contribution is 2.28. The molecule has 0 aliphatic carbocycles. The van der Waals surface area contributed by atoms with Crippen LogP contribution in [0.5, 0.6) is 0 Å². The summed E-state index contributed by atoms with van der Waals surface area (Å²) in [6.07, 6.45) is 0.851. The summed E-state index contributed by atoms with van der Waals surface area (Å²) >= 11 is 3.63. The second-order valence-electron chi connectivity index (χ2n) is 5.65. The molecule has 2 rings (SSSR count). The van der Waals surface area contributed by atoms with Gasteiger partial charge in [-0.3, -0.25) is 4.79 Å². The highest BCUT2D eigenvalue weighted by Gasteiger charge is 2.26. The third-order valence-corrected chi connectivity index (χ3v) is 4.43. The van der Waals surface area contributed by atoms with Crippen LogP contribution < -0.4 is 16.0 Å². The van der Waals surface area contributed by atoms with E-state index in [0.717, 1.165) is 36.2 Å². The van der Waals surface area contributed by atoms with E-state index in [1.54, 1.807) is 0 Å². The standard InChI is InChI=1S/C15H22BrN3O/c1-10(2)18-8-11-3-4-13(7-14(11)16)19-6-5-12(9-19)15(17)20/h3-4,7,10,12,18H,5-6,8-9H2,1-2H3,(H2,17,20). The zero-order chi connectivity index (χ0) is 14.7. The average molecular weight is 340 g/mol. The predicted molar refractivity (Wildman–Crippen MR) is 85.6 cm³/mol. The normalized spacial score (nSPS) is 18.8. The van der Waals surface area contributed by atoms with Crippen molar-refractivity contribution in [3.8, 4) is 0 Å². The maximum Gasteiger partial charge on any atom is 0.222 e. The fourth-order valence-corrected chi connectivity index (χ4v) is 2.92. The van der Waals surface area contributed by atoms with Gasteiger partial charge in [0.2, 0.25) is 5.91 Å². The Labute approximate surface area is 128 Å². The van der Waals surface area contributed by atoms with E-state index in [2.05, 4.69) is 58.2 Å². The molecule has 1 saturated heterocycles. The summed E-state index contributed by atoms with van der Waals surface area (Å²) in [5, 5.41) is 3.41. The van der Waals surface area contributed by atoms with Crippen molar-refractivity contribution in [2.75, 3.05) is 18.0 Å². The predicted octanol–water partition coefficient (Wildman–Crippen LogP) is 2.26. The third kappa shape index (κ3) is 3.73. The van der Waals surface area contributed by atoms with Gasteiger partial charge in [-0.1, -0.05) is 35.8 Å². The third-order valence-electron chi connectivity index (χ3n) is 3.69. The van der Waals surface area contributed by atoms with E-state index in [-0.39, 0.29) is 11.8 Å². The van der Waals surface area contributed by atoms with E-state index in [0.29, 0.717) is 6.04 Å². The molecular formula is C15H22BrN3O. The first-order chi connectivity index (χ1) is 9.47. The highest BCUT2D eigenvalue weighted by atomic mass is 79.9. The second-order valence-corrected chi connectivity index (χ2v) is 6.50. The number of primary amides is 1. The molecule has 0 bridgehead atoms. The maximum atomic E-state index is 11.2. The van der Waals surface area contributed by atoms with E-state index in [1.165, 1.54) is 5.56 Å². The summed E-state index contributed by atoms with van der Waals surface area (Å²) < 4.78 is 1.10. The van der Waals surface area contributed by atoms with Crippen LogP contribution in [0.15, 0.2) is 22.7 Å². The van der Waals surface area contributed by atoms with Gasteiger partial charge in [-0.05, 0) is 24.1 Å². The fraction of sp³-hybridized carbons (Fsp3) is 0.533. The minimum absolute atomic E-state index is 0.0175. The second kappa shape index (κ2) is 6.59. The number of nitrogens with zero attached hydrogens (tertiary/aromatic N) is 1. The molecule has 110 valence electrons. The van der Waals surface area contributed by atoms with Crippen LogP contribution in [-0.2, 0) is 11.3 Å². The minimum Gasteiger partial charge on any atom is -0.371 e. The minimum atomic E-state index is -0.190. The van der Waals surface area contributed by atoms with E-state index in [1.807, 2.05) is 0 Å². The molecule has 1 amide bonds. The smallest absolute Gasteiger partial charge is 0.222 e. The lowest BCUT2D eigenvalue weighted by Gasteiger charge is -2.20. The molecule has 1 aromatic carbocycles. The summed E-state index contributed by atoms with van der Waals surface area (Å²) in [5.41, 5.74) is 7.77. The molecule has 1 aliphatic rings. The van der Waals surface area contributed by atoms with Gasteiger partial charge in [0.05, 0.1) is 5.92 Å². The fourth-order valence-electron chi connectivity index (χ4n) is 2.42. The van der Waals surface area contributed by atoms with Crippen molar-refractivity contribution < 1.29 is 4.79 Å². The van der Waals surface area contributed by atoms with Crippen LogP contribution in [0.1, 0.15) is 25.8 Å². The van der Waals surface area contributed by atoms with Crippen molar-refractivity contribution in [1.82, 2.24) is 5.32 Å². The first-order valence-electron chi connectivity index (χ1n) is 7.03. The monoisotopic (exact) mass is 339 g/mol. The SMILES string of the molecule is CC(C)NCc1ccc(N2CCC(C(N)=O)C2)cc1Br. The van der Waals surface area contributed by atoms with E-state index in [4.69, 9.17) is 5.73 Å². The molecule has 1 aliphatic heterocycles. The first kappa shape index (κ1) is 15.3. The van der Waals surface area contributed by atoms with Gasteiger partial charge in [-0.25, -0.2) is 0 Å². The van der Waals surface area contributed by atoms with E-state index >= 15 is 0 Å². The van der Waals surface area contributed by atoms with Gasteiger partial charge in [0.1, 0.15) is 0 Å². The molecular weight excluding hydrogens is 318 g/mol. The number of nitrogens with one attached hydrogen (secondary N) is 1. The molecule has 0 aromatic heterocycles. The lowest BCUT2D eigenvalue weighted by molar-refractivity contribution is -0.121. The van der Waals surface area contributed by atoms with Crippen LogP contribution in [0.2, 0.25) is 0 Å². The first-order valence-corrected chi connectivity index (χ1v) is 7.82. The number of hydrogen-bond donors (Lipinski definition) is 2. The van der Waals surface area contributed by atoms with Crippen molar-refractivity contribution in [3.05, 3.63) is 28.2 Å². The number of hydrogen-bond acceptors (Lipinski definition) is 3. The molecule has 1 unspecified atom stereocenters. The van der Waals surface area contributed by atoms with Crippen molar-refractivity contribution in [3.63, 3.8) is 0 Å². The van der Waals surface area contributed by atoms with E-state index < -0.39 is 0 Å². The number of amides is 1. The number of halogens is 1. The van der Waals surface area contributed by atoms with Gasteiger partial charge in [-0.15, -0.1) is 0 Å². The Morgan fingerprint density at radius 2 is 2.30 bits per heavy atom. The van der Waals surface area contributed by atoms with Crippen LogP contribution in [0, 0.1) is 5.92 Å². The molecule has 3 N–H and O–H groups in total. The number of benzene rings is 1. The molecule has 1 atom stereocenters. The number of nitrogens with two attached hydrogens (primary N) is 1. The number of carbonyl (C=O) groups excluding carboxylic acids is 1. The summed E-state index contributed by atoms with van der Waals surface area (Å²) in [7, 11) is 0. The molecule has 1 aromatic rings. The molecule has 0 radical (unpaired) electrons. The zero-order valence-corrected chi connectivity index (χ0v) is 13.6.